The zero-order valence-electron chi connectivity index (χ0n) is 6.74. The number of nitrogens with zero attached hydrogens (tertiary/aromatic N) is 3. The summed E-state index contributed by atoms with van der Waals surface area (Å²) in [7, 11) is 2.07. The van der Waals surface area contributed by atoms with E-state index >= 15 is 0 Å². The van der Waals surface area contributed by atoms with Gasteiger partial charge in [-0.05, 0) is 31.3 Å². The van der Waals surface area contributed by atoms with Crippen LogP contribution in [0.15, 0.2) is 0 Å². The molecular formula is C7H11N3S. The summed E-state index contributed by atoms with van der Waals surface area (Å²) in [6.45, 7) is 1.99. The van der Waals surface area contributed by atoms with Gasteiger partial charge in [-0.15, -0.1) is 0 Å². The molecule has 1 fully saturated rings. The molecule has 0 bridgehead atoms. The molecule has 0 amide bonds. The summed E-state index contributed by atoms with van der Waals surface area (Å²) in [6.07, 6.45) is 2.60. The van der Waals surface area contributed by atoms with Crippen LogP contribution in [-0.4, -0.2) is 22.4 Å². The summed E-state index contributed by atoms with van der Waals surface area (Å²) in [4.78, 5) is 6.48. The highest BCUT2D eigenvalue weighted by molar-refractivity contribution is 7.05. The Hall–Kier alpha value is -0.640. The molecule has 1 aliphatic rings. The topological polar surface area (TPSA) is 29.0 Å². The molecule has 11 heavy (non-hydrogen) atoms. The highest BCUT2D eigenvalue weighted by Crippen LogP contribution is 2.28. The van der Waals surface area contributed by atoms with E-state index in [-0.39, 0.29) is 0 Å². The number of anilines is 1. The fourth-order valence-electron chi connectivity index (χ4n) is 1.06. The van der Waals surface area contributed by atoms with Crippen LogP contribution in [0.1, 0.15) is 17.8 Å². The Morgan fingerprint density at radius 1 is 1.55 bits per heavy atom. The Bertz CT molecular complexity index is 254. The van der Waals surface area contributed by atoms with Gasteiger partial charge in [0.05, 0.1) is 0 Å². The van der Waals surface area contributed by atoms with Gasteiger partial charge in [0.25, 0.3) is 0 Å². The monoisotopic (exact) mass is 169 g/mol. The molecule has 3 nitrogen and oxygen atoms in total. The second-order valence-corrected chi connectivity index (χ2v) is 3.91. The average molecular weight is 169 g/mol. The molecule has 1 saturated carbocycles. The lowest BCUT2D eigenvalue weighted by molar-refractivity contribution is 0.876. The number of hydrogen-bond donors (Lipinski definition) is 0. The summed E-state index contributed by atoms with van der Waals surface area (Å²) in [6, 6.07) is 0.712. The molecule has 2 rings (SSSR count). The summed E-state index contributed by atoms with van der Waals surface area (Å²) >= 11 is 1.48. The van der Waals surface area contributed by atoms with Crippen molar-refractivity contribution in [3.8, 4) is 0 Å². The third-order valence-electron chi connectivity index (χ3n) is 1.93. The van der Waals surface area contributed by atoms with E-state index in [1.54, 1.807) is 0 Å². The smallest absolute Gasteiger partial charge is 0.237 e. The first kappa shape index (κ1) is 7.03. The van der Waals surface area contributed by atoms with E-state index in [1.165, 1.54) is 24.4 Å². The molecule has 60 valence electrons. The molecule has 0 saturated heterocycles. The van der Waals surface area contributed by atoms with Crippen molar-refractivity contribution in [2.24, 2.45) is 0 Å². The molecule has 1 aromatic heterocycles. The van der Waals surface area contributed by atoms with E-state index in [4.69, 9.17) is 0 Å². The van der Waals surface area contributed by atoms with Crippen molar-refractivity contribution in [3.05, 3.63) is 5.01 Å². The van der Waals surface area contributed by atoms with Crippen molar-refractivity contribution in [1.29, 1.82) is 0 Å². The summed E-state index contributed by atoms with van der Waals surface area (Å²) in [5, 5.41) is 1.05. The molecule has 0 aliphatic heterocycles. The Balaban J connectivity index is 2.14. The van der Waals surface area contributed by atoms with E-state index in [0.717, 1.165) is 11.0 Å². The van der Waals surface area contributed by atoms with Crippen LogP contribution in [0.3, 0.4) is 0 Å². The highest BCUT2D eigenvalue weighted by atomic mass is 32.1. The normalized spacial score (nSPS) is 16.9. The Morgan fingerprint density at radius 3 is 2.73 bits per heavy atom. The molecule has 1 aliphatic carbocycles. The zero-order chi connectivity index (χ0) is 7.84. The number of aromatic nitrogens is 2. The van der Waals surface area contributed by atoms with E-state index in [1.807, 2.05) is 6.92 Å². The lowest BCUT2D eigenvalue weighted by Crippen LogP contribution is -2.20. The lowest BCUT2D eigenvalue weighted by Gasteiger charge is -2.12. The number of rotatable bonds is 2. The predicted molar refractivity (Wildman–Crippen MR) is 46.1 cm³/mol. The maximum atomic E-state index is 4.31. The van der Waals surface area contributed by atoms with Gasteiger partial charge in [-0.1, -0.05) is 0 Å². The molecule has 1 heterocycles. The van der Waals surface area contributed by atoms with Gasteiger partial charge in [-0.2, -0.15) is 4.37 Å². The average Bonchev–Trinajstić information content (AvgIpc) is 2.74. The fraction of sp³-hybridized carbons (Fsp3) is 0.714. The Kier molecular flexibility index (Phi) is 1.56. The summed E-state index contributed by atoms with van der Waals surface area (Å²) in [5.74, 6) is 0.898. The standard InChI is InChI=1S/C7H11N3S/c1-5-8-7(9-11-5)10(2)6-3-4-6/h6H,3-4H2,1-2H3. The highest BCUT2D eigenvalue weighted by Gasteiger charge is 2.28. The van der Waals surface area contributed by atoms with Crippen molar-refractivity contribution in [3.63, 3.8) is 0 Å². The largest absolute Gasteiger partial charge is 0.340 e. The van der Waals surface area contributed by atoms with Crippen LogP contribution in [0, 0.1) is 6.92 Å². The van der Waals surface area contributed by atoms with Gasteiger partial charge >= 0.3 is 0 Å². The molecule has 0 aromatic carbocycles. The second-order valence-electron chi connectivity index (χ2n) is 2.96. The van der Waals surface area contributed by atoms with Gasteiger partial charge < -0.3 is 4.90 Å². The van der Waals surface area contributed by atoms with Gasteiger partial charge in [0.1, 0.15) is 5.01 Å². The maximum absolute atomic E-state index is 4.31. The van der Waals surface area contributed by atoms with Crippen molar-refractivity contribution in [2.45, 2.75) is 25.8 Å². The molecule has 4 heteroatoms. The van der Waals surface area contributed by atoms with Crippen LogP contribution in [-0.2, 0) is 0 Å². The number of hydrogen-bond acceptors (Lipinski definition) is 4. The third kappa shape index (κ3) is 1.35. The van der Waals surface area contributed by atoms with Gasteiger partial charge in [-0.3, -0.25) is 0 Å². The Labute approximate surface area is 70.2 Å². The van der Waals surface area contributed by atoms with Crippen LogP contribution in [0.4, 0.5) is 5.95 Å². The Morgan fingerprint density at radius 2 is 2.27 bits per heavy atom. The molecular weight excluding hydrogens is 158 g/mol. The quantitative estimate of drug-likeness (QED) is 0.671. The zero-order valence-corrected chi connectivity index (χ0v) is 7.56. The molecule has 0 spiro atoms. The molecule has 0 atom stereocenters. The van der Waals surface area contributed by atoms with Gasteiger partial charge in [0.2, 0.25) is 5.95 Å². The maximum Gasteiger partial charge on any atom is 0.237 e. The van der Waals surface area contributed by atoms with Gasteiger partial charge in [0, 0.05) is 13.1 Å². The number of aryl methyl sites for hydroxylation is 1. The van der Waals surface area contributed by atoms with Crippen molar-refractivity contribution in [2.75, 3.05) is 11.9 Å². The second kappa shape index (κ2) is 2.44. The minimum Gasteiger partial charge on any atom is -0.340 e. The van der Waals surface area contributed by atoms with Crippen LogP contribution in [0.25, 0.3) is 0 Å². The first-order valence-corrected chi connectivity index (χ1v) is 4.58. The summed E-state index contributed by atoms with van der Waals surface area (Å²) in [5.41, 5.74) is 0. The SMILES string of the molecule is Cc1nc(N(C)C2CC2)ns1. The van der Waals surface area contributed by atoms with E-state index in [2.05, 4.69) is 21.3 Å². The van der Waals surface area contributed by atoms with Crippen LogP contribution in [0.5, 0.6) is 0 Å². The first-order chi connectivity index (χ1) is 5.27. The minimum atomic E-state index is 0.712. The van der Waals surface area contributed by atoms with Crippen LogP contribution < -0.4 is 4.90 Å². The predicted octanol–water partition coefficient (Wildman–Crippen LogP) is 1.45. The van der Waals surface area contributed by atoms with Crippen LogP contribution in [0.2, 0.25) is 0 Å². The van der Waals surface area contributed by atoms with E-state index < -0.39 is 0 Å². The molecule has 0 N–H and O–H groups in total. The molecule has 1 aromatic rings. The van der Waals surface area contributed by atoms with E-state index in [0.29, 0.717) is 6.04 Å². The summed E-state index contributed by atoms with van der Waals surface area (Å²) < 4.78 is 4.23. The van der Waals surface area contributed by atoms with Gasteiger partial charge in [-0.25, -0.2) is 4.98 Å². The first-order valence-electron chi connectivity index (χ1n) is 3.80. The van der Waals surface area contributed by atoms with Gasteiger partial charge in [0.15, 0.2) is 0 Å². The minimum absolute atomic E-state index is 0.712. The molecule has 0 radical (unpaired) electrons. The van der Waals surface area contributed by atoms with Crippen molar-refractivity contribution < 1.29 is 0 Å². The van der Waals surface area contributed by atoms with Crippen molar-refractivity contribution >= 4 is 17.5 Å². The van der Waals surface area contributed by atoms with E-state index in [9.17, 15) is 0 Å². The fourth-order valence-corrected chi connectivity index (χ4v) is 1.56. The molecule has 0 unspecified atom stereocenters. The third-order valence-corrected chi connectivity index (χ3v) is 2.54. The van der Waals surface area contributed by atoms with Crippen LogP contribution >= 0.6 is 11.5 Å². The van der Waals surface area contributed by atoms with Crippen molar-refractivity contribution in [1.82, 2.24) is 9.36 Å². The lowest BCUT2D eigenvalue weighted by atomic mass is 10.6.